The third-order valence-electron chi connectivity index (χ3n) is 2.54. The molecule has 3 nitrogen and oxygen atoms in total. The summed E-state index contributed by atoms with van der Waals surface area (Å²) in [4.78, 5) is 13.1. The fourth-order valence-electron chi connectivity index (χ4n) is 1.83. The van der Waals surface area contributed by atoms with Crippen LogP contribution in [-0.2, 0) is 9.53 Å². The molecule has 0 radical (unpaired) electrons. The van der Waals surface area contributed by atoms with Crippen molar-refractivity contribution in [3.05, 3.63) is 0 Å². The van der Waals surface area contributed by atoms with E-state index in [9.17, 15) is 4.79 Å². The first-order chi connectivity index (χ1) is 6.72. The normalized spacial score (nSPS) is 19.9. The predicted molar refractivity (Wildman–Crippen MR) is 56.4 cm³/mol. The predicted octanol–water partition coefficient (Wildman–Crippen LogP) is 1.47. The third-order valence-corrected chi connectivity index (χ3v) is 2.54. The van der Waals surface area contributed by atoms with E-state index in [4.69, 9.17) is 4.74 Å². The second kappa shape index (κ2) is 6.14. The monoisotopic (exact) mass is 199 g/mol. The van der Waals surface area contributed by atoms with Gasteiger partial charge in [0.15, 0.2) is 0 Å². The quantitative estimate of drug-likeness (QED) is 0.671. The van der Waals surface area contributed by atoms with Gasteiger partial charge in [0.05, 0.1) is 12.6 Å². The zero-order valence-corrected chi connectivity index (χ0v) is 9.29. The Morgan fingerprint density at radius 3 is 2.57 bits per heavy atom. The van der Waals surface area contributed by atoms with Gasteiger partial charge in [0, 0.05) is 19.7 Å². The molecule has 0 aliphatic carbocycles. The molecule has 82 valence electrons. The Balaban J connectivity index is 2.14. The van der Waals surface area contributed by atoms with Crippen molar-refractivity contribution in [3.8, 4) is 0 Å². The fraction of sp³-hybridized carbons (Fsp3) is 0.909. The summed E-state index contributed by atoms with van der Waals surface area (Å²) in [5.74, 6) is 0.262. The van der Waals surface area contributed by atoms with Gasteiger partial charge in [-0.2, -0.15) is 0 Å². The summed E-state index contributed by atoms with van der Waals surface area (Å²) in [6.45, 7) is 7.28. The lowest BCUT2D eigenvalue weighted by molar-refractivity contribution is -0.118. The van der Waals surface area contributed by atoms with Crippen molar-refractivity contribution in [1.82, 2.24) is 4.90 Å². The molecule has 0 aromatic rings. The first kappa shape index (κ1) is 11.7. The minimum Gasteiger partial charge on any atom is -0.378 e. The molecule has 0 saturated carbocycles. The van der Waals surface area contributed by atoms with Crippen LogP contribution in [0.1, 0.15) is 33.1 Å². The molecule has 1 saturated heterocycles. The second-order valence-corrected chi connectivity index (χ2v) is 4.05. The van der Waals surface area contributed by atoms with Gasteiger partial charge in [0.25, 0.3) is 0 Å². The van der Waals surface area contributed by atoms with Crippen LogP contribution in [0.4, 0.5) is 0 Å². The number of Topliss-reactive ketones (excluding diaryl/α,β-unsaturated/α-hetero) is 1. The van der Waals surface area contributed by atoms with Gasteiger partial charge in [-0.3, -0.25) is 9.69 Å². The Morgan fingerprint density at radius 2 is 2.07 bits per heavy atom. The highest BCUT2D eigenvalue weighted by Gasteiger charge is 2.19. The summed E-state index contributed by atoms with van der Waals surface area (Å²) < 4.78 is 5.67. The van der Waals surface area contributed by atoms with Crippen LogP contribution in [0.25, 0.3) is 0 Å². The largest absolute Gasteiger partial charge is 0.378 e. The van der Waals surface area contributed by atoms with Crippen LogP contribution >= 0.6 is 0 Å². The number of carbonyl (C=O) groups excluding carboxylic acids is 1. The molecule has 0 spiro atoms. The number of hydrogen-bond acceptors (Lipinski definition) is 3. The van der Waals surface area contributed by atoms with Crippen LogP contribution in [-0.4, -0.2) is 43.0 Å². The number of hydrogen-bond donors (Lipinski definition) is 0. The summed E-state index contributed by atoms with van der Waals surface area (Å²) in [5, 5.41) is 0. The zero-order valence-electron chi connectivity index (χ0n) is 9.29. The topological polar surface area (TPSA) is 29.5 Å². The van der Waals surface area contributed by atoms with E-state index in [1.54, 1.807) is 6.92 Å². The smallest absolute Gasteiger partial charge is 0.143 e. The van der Waals surface area contributed by atoms with Gasteiger partial charge in [-0.05, 0) is 26.2 Å². The molecule has 1 heterocycles. The van der Waals surface area contributed by atoms with Crippen molar-refractivity contribution >= 4 is 5.78 Å². The maximum absolute atomic E-state index is 10.9. The van der Waals surface area contributed by atoms with Crippen LogP contribution in [0.3, 0.4) is 0 Å². The van der Waals surface area contributed by atoms with E-state index in [0.29, 0.717) is 12.6 Å². The minimum atomic E-state index is 0.262. The SMILES string of the molecule is CCCOC1CCN(CC(C)=O)CC1. The first-order valence-electron chi connectivity index (χ1n) is 5.55. The van der Waals surface area contributed by atoms with E-state index in [2.05, 4.69) is 11.8 Å². The number of carbonyl (C=O) groups is 1. The molecular formula is C11H21NO2. The first-order valence-corrected chi connectivity index (χ1v) is 5.55. The lowest BCUT2D eigenvalue weighted by Crippen LogP contribution is -2.39. The molecule has 1 fully saturated rings. The van der Waals surface area contributed by atoms with Crippen molar-refractivity contribution < 1.29 is 9.53 Å². The standard InChI is InChI=1S/C11H21NO2/c1-3-8-14-11-4-6-12(7-5-11)9-10(2)13/h11H,3-9H2,1-2H3. The van der Waals surface area contributed by atoms with Crippen molar-refractivity contribution in [2.75, 3.05) is 26.2 Å². The maximum atomic E-state index is 10.9. The second-order valence-electron chi connectivity index (χ2n) is 4.05. The molecule has 0 N–H and O–H groups in total. The molecule has 0 unspecified atom stereocenters. The minimum absolute atomic E-state index is 0.262. The van der Waals surface area contributed by atoms with Crippen LogP contribution in [0.15, 0.2) is 0 Å². The summed E-state index contributed by atoms with van der Waals surface area (Å²) in [6, 6.07) is 0. The number of rotatable bonds is 5. The maximum Gasteiger partial charge on any atom is 0.143 e. The van der Waals surface area contributed by atoms with E-state index in [1.807, 2.05) is 0 Å². The molecule has 0 amide bonds. The van der Waals surface area contributed by atoms with E-state index in [-0.39, 0.29) is 5.78 Å². The van der Waals surface area contributed by atoms with Gasteiger partial charge in [-0.1, -0.05) is 6.92 Å². The van der Waals surface area contributed by atoms with Crippen molar-refractivity contribution in [3.63, 3.8) is 0 Å². The number of piperidine rings is 1. The Kier molecular flexibility index (Phi) is 5.12. The Labute approximate surface area is 86.4 Å². The van der Waals surface area contributed by atoms with Crippen LogP contribution in [0, 0.1) is 0 Å². The lowest BCUT2D eigenvalue weighted by atomic mass is 10.1. The van der Waals surface area contributed by atoms with E-state index in [1.165, 1.54) is 0 Å². The average molecular weight is 199 g/mol. The Bertz CT molecular complexity index is 174. The molecule has 1 aliphatic rings. The van der Waals surface area contributed by atoms with E-state index < -0.39 is 0 Å². The van der Waals surface area contributed by atoms with Gasteiger partial charge < -0.3 is 4.74 Å². The van der Waals surface area contributed by atoms with Gasteiger partial charge in [-0.25, -0.2) is 0 Å². The molecule has 0 aromatic carbocycles. The highest BCUT2D eigenvalue weighted by Crippen LogP contribution is 2.13. The summed E-state index contributed by atoms with van der Waals surface area (Å²) in [5.41, 5.74) is 0. The molecule has 3 heteroatoms. The molecule has 1 aliphatic heterocycles. The van der Waals surface area contributed by atoms with Gasteiger partial charge in [-0.15, -0.1) is 0 Å². The number of likely N-dealkylation sites (tertiary alicyclic amines) is 1. The molecule has 1 rings (SSSR count). The third kappa shape index (κ3) is 4.20. The molecular weight excluding hydrogens is 178 g/mol. The highest BCUT2D eigenvalue weighted by molar-refractivity contribution is 5.77. The number of ether oxygens (including phenoxy) is 1. The number of nitrogens with zero attached hydrogens (tertiary/aromatic N) is 1. The van der Waals surface area contributed by atoms with Crippen LogP contribution in [0.2, 0.25) is 0 Å². The van der Waals surface area contributed by atoms with Gasteiger partial charge in [0.1, 0.15) is 5.78 Å². The van der Waals surface area contributed by atoms with Crippen molar-refractivity contribution in [2.45, 2.75) is 39.2 Å². The average Bonchev–Trinajstić information content (AvgIpc) is 2.16. The van der Waals surface area contributed by atoms with Crippen LogP contribution < -0.4 is 0 Å². The van der Waals surface area contributed by atoms with Crippen molar-refractivity contribution in [2.24, 2.45) is 0 Å². The summed E-state index contributed by atoms with van der Waals surface area (Å²) in [6.07, 6.45) is 3.67. The highest BCUT2D eigenvalue weighted by atomic mass is 16.5. The molecule has 0 atom stereocenters. The zero-order chi connectivity index (χ0) is 10.4. The number of ketones is 1. The Morgan fingerprint density at radius 1 is 1.43 bits per heavy atom. The van der Waals surface area contributed by atoms with E-state index >= 15 is 0 Å². The van der Waals surface area contributed by atoms with Crippen LogP contribution in [0.5, 0.6) is 0 Å². The summed E-state index contributed by atoms with van der Waals surface area (Å²) >= 11 is 0. The lowest BCUT2D eigenvalue weighted by Gasteiger charge is -2.31. The van der Waals surface area contributed by atoms with Gasteiger partial charge >= 0.3 is 0 Å². The van der Waals surface area contributed by atoms with Crippen molar-refractivity contribution in [1.29, 1.82) is 0 Å². The summed E-state index contributed by atoms with van der Waals surface area (Å²) in [7, 11) is 0. The molecule has 0 bridgehead atoms. The molecule has 0 aromatic heterocycles. The Hall–Kier alpha value is -0.410. The van der Waals surface area contributed by atoms with E-state index in [0.717, 1.165) is 39.0 Å². The molecule has 14 heavy (non-hydrogen) atoms. The van der Waals surface area contributed by atoms with Gasteiger partial charge in [0.2, 0.25) is 0 Å². The fourth-order valence-corrected chi connectivity index (χ4v) is 1.83.